The molecule has 0 amide bonds. The zero-order valence-electron chi connectivity index (χ0n) is 15.1. The largest absolute Gasteiger partial charge is 0.506 e. The van der Waals surface area contributed by atoms with Gasteiger partial charge >= 0.3 is 5.97 Å². The maximum Gasteiger partial charge on any atom is 0.345 e. The number of aromatic hydroxyl groups is 1. The number of carboxylic acids is 1. The molecule has 140 valence electrons. The molecule has 0 radical (unpaired) electrons. The third kappa shape index (κ3) is 3.69. The zero-order chi connectivity index (χ0) is 19.7. The van der Waals surface area contributed by atoms with E-state index in [1.807, 2.05) is 19.9 Å². The molecule has 2 aromatic carbocycles. The van der Waals surface area contributed by atoms with Crippen LogP contribution in [0.15, 0.2) is 47.3 Å². The molecule has 3 rings (SSSR count). The molecule has 3 aromatic rings. The van der Waals surface area contributed by atoms with E-state index in [1.54, 1.807) is 24.3 Å². The second-order valence-corrected chi connectivity index (χ2v) is 6.99. The van der Waals surface area contributed by atoms with E-state index in [0.29, 0.717) is 23.9 Å². The molecular weight excluding hydrogens is 349 g/mol. The van der Waals surface area contributed by atoms with Gasteiger partial charge in [0.25, 0.3) is 5.56 Å². The lowest BCUT2D eigenvalue weighted by Gasteiger charge is -2.16. The summed E-state index contributed by atoms with van der Waals surface area (Å²) in [4.78, 5) is 24.1. The van der Waals surface area contributed by atoms with Crippen molar-refractivity contribution >= 4 is 16.9 Å². The number of carboxylic acid groups (broad SMARTS) is 1. The quantitative estimate of drug-likeness (QED) is 0.717. The summed E-state index contributed by atoms with van der Waals surface area (Å²) in [5.74, 6) is -2.18. The van der Waals surface area contributed by atoms with E-state index in [4.69, 9.17) is 0 Å². The number of fused-ring (bicyclic) bond motifs is 1. The molecule has 0 fully saturated rings. The Morgan fingerprint density at radius 1 is 1.11 bits per heavy atom. The summed E-state index contributed by atoms with van der Waals surface area (Å²) in [7, 11) is 0. The fraction of sp³-hybridized carbons (Fsp3) is 0.238. The van der Waals surface area contributed by atoms with Gasteiger partial charge in [-0.25, -0.2) is 9.18 Å². The molecule has 0 bridgehead atoms. The minimum absolute atomic E-state index is 0.121. The Morgan fingerprint density at radius 3 is 2.33 bits per heavy atom. The van der Waals surface area contributed by atoms with Crippen molar-refractivity contribution in [3.8, 4) is 5.75 Å². The molecule has 0 unspecified atom stereocenters. The number of rotatable bonds is 5. The van der Waals surface area contributed by atoms with E-state index < -0.39 is 22.8 Å². The highest BCUT2D eigenvalue weighted by atomic mass is 19.1. The lowest BCUT2D eigenvalue weighted by molar-refractivity contribution is 0.0691. The first-order valence-electron chi connectivity index (χ1n) is 8.64. The van der Waals surface area contributed by atoms with Gasteiger partial charge in [-0.05, 0) is 47.7 Å². The van der Waals surface area contributed by atoms with Gasteiger partial charge in [-0.3, -0.25) is 4.79 Å². The Hall–Kier alpha value is -3.15. The van der Waals surface area contributed by atoms with Crippen LogP contribution in [0.5, 0.6) is 5.75 Å². The summed E-state index contributed by atoms with van der Waals surface area (Å²) in [6.07, 6.45) is 0.487. The van der Waals surface area contributed by atoms with Crippen molar-refractivity contribution in [2.75, 3.05) is 0 Å². The molecule has 1 aromatic heterocycles. The molecule has 0 saturated carbocycles. The fourth-order valence-corrected chi connectivity index (χ4v) is 3.18. The van der Waals surface area contributed by atoms with Gasteiger partial charge in [0.2, 0.25) is 0 Å². The van der Waals surface area contributed by atoms with E-state index in [9.17, 15) is 24.2 Å². The van der Waals surface area contributed by atoms with Crippen molar-refractivity contribution in [1.82, 2.24) is 4.57 Å². The lowest BCUT2D eigenvalue weighted by Crippen LogP contribution is -2.28. The van der Waals surface area contributed by atoms with Gasteiger partial charge in [-0.15, -0.1) is 0 Å². The Kier molecular flexibility index (Phi) is 4.99. The van der Waals surface area contributed by atoms with E-state index >= 15 is 0 Å². The van der Waals surface area contributed by atoms with Gasteiger partial charge in [0.05, 0.1) is 5.52 Å². The Bertz CT molecular complexity index is 1070. The molecular formula is C21H20FNO4. The number of hydrogen-bond donors (Lipinski definition) is 2. The van der Waals surface area contributed by atoms with Crippen molar-refractivity contribution < 1.29 is 19.4 Å². The fourth-order valence-electron chi connectivity index (χ4n) is 3.18. The Balaban J connectivity index is 2.18. The molecule has 27 heavy (non-hydrogen) atoms. The lowest BCUT2D eigenvalue weighted by atomic mass is 10.0. The van der Waals surface area contributed by atoms with Crippen molar-refractivity contribution in [1.29, 1.82) is 0 Å². The predicted molar refractivity (Wildman–Crippen MR) is 101 cm³/mol. The molecule has 0 aliphatic heterocycles. The second-order valence-electron chi connectivity index (χ2n) is 6.99. The van der Waals surface area contributed by atoms with Crippen LogP contribution in [-0.4, -0.2) is 20.7 Å². The van der Waals surface area contributed by atoms with Crippen LogP contribution in [0.1, 0.15) is 35.3 Å². The highest BCUT2D eigenvalue weighted by molar-refractivity contribution is 5.98. The minimum atomic E-state index is -1.46. The van der Waals surface area contributed by atoms with E-state index in [1.165, 1.54) is 16.7 Å². The van der Waals surface area contributed by atoms with Gasteiger partial charge in [-0.2, -0.15) is 0 Å². The van der Waals surface area contributed by atoms with Crippen LogP contribution in [0, 0.1) is 11.7 Å². The van der Waals surface area contributed by atoms with Gasteiger partial charge in [-0.1, -0.05) is 32.0 Å². The number of aromatic carboxylic acids is 1. The topological polar surface area (TPSA) is 79.5 Å². The van der Waals surface area contributed by atoms with Gasteiger partial charge in [0.1, 0.15) is 11.6 Å². The van der Waals surface area contributed by atoms with Crippen molar-refractivity contribution in [3.05, 3.63) is 75.3 Å². The van der Waals surface area contributed by atoms with Crippen LogP contribution >= 0.6 is 0 Å². The molecule has 0 atom stereocenters. The van der Waals surface area contributed by atoms with Crippen LogP contribution in [-0.2, 0) is 13.0 Å². The third-order valence-electron chi connectivity index (χ3n) is 4.39. The molecule has 0 aliphatic rings. The molecule has 6 heteroatoms. The van der Waals surface area contributed by atoms with Crippen molar-refractivity contribution in [2.24, 2.45) is 5.92 Å². The van der Waals surface area contributed by atoms with Crippen LogP contribution in [0.25, 0.3) is 10.9 Å². The number of pyridine rings is 1. The van der Waals surface area contributed by atoms with Crippen molar-refractivity contribution in [3.63, 3.8) is 0 Å². The number of benzene rings is 2. The molecule has 2 N–H and O–H groups in total. The van der Waals surface area contributed by atoms with E-state index in [2.05, 4.69) is 0 Å². The molecule has 0 aliphatic carbocycles. The van der Waals surface area contributed by atoms with Crippen molar-refractivity contribution in [2.45, 2.75) is 26.8 Å². The summed E-state index contributed by atoms with van der Waals surface area (Å²) in [6, 6.07) is 11.3. The van der Waals surface area contributed by atoms with Crippen LogP contribution in [0.3, 0.4) is 0 Å². The summed E-state index contributed by atoms with van der Waals surface area (Å²) < 4.78 is 14.5. The summed E-state index contributed by atoms with van der Waals surface area (Å²) in [5, 5.41) is 20.1. The summed E-state index contributed by atoms with van der Waals surface area (Å²) in [6.45, 7) is 4.19. The number of carbonyl (C=O) groups is 1. The normalized spacial score (nSPS) is 11.3. The highest BCUT2D eigenvalue weighted by Crippen LogP contribution is 2.28. The van der Waals surface area contributed by atoms with Crippen LogP contribution in [0.2, 0.25) is 0 Å². The smallest absolute Gasteiger partial charge is 0.345 e. The average molecular weight is 369 g/mol. The number of nitrogens with zero attached hydrogens (tertiary/aromatic N) is 1. The van der Waals surface area contributed by atoms with Gasteiger partial charge in [0.15, 0.2) is 5.56 Å². The third-order valence-corrected chi connectivity index (χ3v) is 4.39. The SMILES string of the molecule is CC(C)Cn1c(=O)c(C(=O)O)c(O)c2cc(Cc3ccc(F)cc3)ccc21. The minimum Gasteiger partial charge on any atom is -0.506 e. The maximum absolute atomic E-state index is 13.1. The molecule has 1 heterocycles. The number of aromatic nitrogens is 1. The first kappa shape index (κ1) is 18.6. The zero-order valence-corrected chi connectivity index (χ0v) is 15.1. The maximum atomic E-state index is 13.1. The predicted octanol–water partition coefficient (Wildman–Crippen LogP) is 3.79. The number of halogens is 1. The highest BCUT2D eigenvalue weighted by Gasteiger charge is 2.22. The van der Waals surface area contributed by atoms with Gasteiger partial charge < -0.3 is 14.8 Å². The van der Waals surface area contributed by atoms with Crippen LogP contribution < -0.4 is 5.56 Å². The first-order chi connectivity index (χ1) is 12.8. The first-order valence-corrected chi connectivity index (χ1v) is 8.64. The van der Waals surface area contributed by atoms with E-state index in [0.717, 1.165) is 11.1 Å². The summed E-state index contributed by atoms with van der Waals surface area (Å²) >= 11 is 0. The summed E-state index contributed by atoms with van der Waals surface area (Å²) in [5.41, 5.74) is 0.841. The Labute approximate surface area is 155 Å². The van der Waals surface area contributed by atoms with Crippen LogP contribution in [0.4, 0.5) is 4.39 Å². The molecule has 0 saturated heterocycles. The second kappa shape index (κ2) is 7.23. The monoisotopic (exact) mass is 369 g/mol. The average Bonchev–Trinajstić information content (AvgIpc) is 2.60. The molecule has 5 nitrogen and oxygen atoms in total. The van der Waals surface area contributed by atoms with E-state index in [-0.39, 0.29) is 11.7 Å². The Morgan fingerprint density at radius 2 is 1.74 bits per heavy atom. The van der Waals surface area contributed by atoms with Gasteiger partial charge in [0, 0.05) is 11.9 Å². The number of hydrogen-bond acceptors (Lipinski definition) is 3. The standard InChI is InChI=1S/C21H20FNO4/c1-12(2)11-23-17-8-5-14(9-13-3-6-15(22)7-4-13)10-16(17)19(24)18(20(23)25)21(26)27/h3-8,10,12,24H,9,11H2,1-2H3,(H,26,27). The molecule has 0 spiro atoms.